The minimum atomic E-state index is -3.85. The third-order valence-corrected chi connectivity index (χ3v) is 7.04. The molecular formula is C24H24ClNO4S2. The molecule has 8 heteroatoms. The van der Waals surface area contributed by atoms with Gasteiger partial charge in [-0.05, 0) is 55.3 Å². The first-order chi connectivity index (χ1) is 15.4. The lowest BCUT2D eigenvalue weighted by Gasteiger charge is -2.25. The van der Waals surface area contributed by atoms with Crippen molar-refractivity contribution in [1.29, 1.82) is 0 Å². The zero-order valence-electron chi connectivity index (χ0n) is 17.4. The van der Waals surface area contributed by atoms with E-state index in [1.54, 1.807) is 36.4 Å². The van der Waals surface area contributed by atoms with Crippen LogP contribution in [0.25, 0.3) is 0 Å². The zero-order chi connectivity index (χ0) is 23.0. The van der Waals surface area contributed by atoms with Crippen LogP contribution in [0.1, 0.15) is 24.8 Å². The number of para-hydroxylation sites is 2. The van der Waals surface area contributed by atoms with Crippen LogP contribution < -0.4 is 9.04 Å². The maximum absolute atomic E-state index is 13.5. The Labute approximate surface area is 199 Å². The second kappa shape index (κ2) is 11.4. The Morgan fingerprint density at radius 2 is 1.56 bits per heavy atom. The summed E-state index contributed by atoms with van der Waals surface area (Å²) < 4.78 is 34.3. The first-order valence-electron chi connectivity index (χ1n) is 10.1. The molecule has 3 aromatic carbocycles. The molecule has 3 rings (SSSR count). The number of benzene rings is 3. The lowest BCUT2D eigenvalue weighted by molar-refractivity contribution is -0.110. The normalized spacial score (nSPS) is 11.2. The van der Waals surface area contributed by atoms with E-state index in [0.29, 0.717) is 42.3 Å². The van der Waals surface area contributed by atoms with Crippen molar-refractivity contribution in [3.8, 4) is 5.75 Å². The Bertz CT molecular complexity index is 1140. The van der Waals surface area contributed by atoms with Crippen molar-refractivity contribution < 1.29 is 17.9 Å². The van der Waals surface area contributed by atoms with Crippen molar-refractivity contribution in [2.45, 2.75) is 30.7 Å². The van der Waals surface area contributed by atoms with Crippen LogP contribution in [0.4, 0.5) is 5.69 Å². The molecule has 0 saturated carbocycles. The molecule has 0 spiro atoms. The van der Waals surface area contributed by atoms with Gasteiger partial charge in [-0.3, -0.25) is 9.10 Å². The largest absolute Gasteiger partial charge is 0.493 e. The number of halogens is 1. The molecule has 0 heterocycles. The maximum atomic E-state index is 13.5. The molecular weight excluding hydrogens is 466 g/mol. The molecule has 0 aliphatic carbocycles. The summed E-state index contributed by atoms with van der Waals surface area (Å²) in [6.45, 7) is 0.521. The fraction of sp³-hybridized carbons (Fsp3) is 0.208. The van der Waals surface area contributed by atoms with E-state index in [0.717, 1.165) is 5.56 Å². The van der Waals surface area contributed by atoms with Crippen LogP contribution in [0, 0.1) is 0 Å². The number of thiol groups is 1. The number of carbonyl (C=O) groups is 1. The number of hydrogen-bond acceptors (Lipinski definition) is 4. The van der Waals surface area contributed by atoms with Gasteiger partial charge in [0.05, 0.1) is 23.7 Å². The van der Waals surface area contributed by atoms with Gasteiger partial charge in [0.1, 0.15) is 5.75 Å². The first-order valence-corrected chi connectivity index (χ1v) is 12.4. The van der Waals surface area contributed by atoms with Crippen LogP contribution in [-0.2, 0) is 21.4 Å². The van der Waals surface area contributed by atoms with Crippen LogP contribution in [0.3, 0.4) is 0 Å². The summed E-state index contributed by atoms with van der Waals surface area (Å²) in [5.74, 6) is 0.608. The predicted molar refractivity (Wildman–Crippen MR) is 131 cm³/mol. The van der Waals surface area contributed by atoms with E-state index in [9.17, 15) is 13.2 Å². The highest BCUT2D eigenvalue weighted by Gasteiger charge is 2.26. The van der Waals surface area contributed by atoms with Crippen LogP contribution in [-0.4, -0.2) is 20.1 Å². The molecule has 0 aliphatic rings. The highest BCUT2D eigenvalue weighted by Crippen LogP contribution is 2.29. The van der Waals surface area contributed by atoms with Crippen LogP contribution in [0.5, 0.6) is 5.75 Å². The molecule has 5 nitrogen and oxygen atoms in total. The van der Waals surface area contributed by atoms with Crippen molar-refractivity contribution in [2.75, 3.05) is 10.9 Å². The predicted octanol–water partition coefficient (Wildman–Crippen LogP) is 5.74. The highest BCUT2D eigenvalue weighted by molar-refractivity contribution is 7.96. The number of anilines is 1. The number of sulfonamides is 1. The number of unbranched alkanes of at least 4 members (excludes halogenated alkanes) is 1. The van der Waals surface area contributed by atoms with Gasteiger partial charge in [-0.25, -0.2) is 8.42 Å². The van der Waals surface area contributed by atoms with Crippen molar-refractivity contribution >= 4 is 45.1 Å². The van der Waals surface area contributed by atoms with Crippen LogP contribution >= 0.6 is 24.2 Å². The summed E-state index contributed by atoms with van der Waals surface area (Å²) in [4.78, 5) is 11.1. The monoisotopic (exact) mass is 489 g/mol. The minimum absolute atomic E-state index is 0.0975. The number of nitrogens with zero attached hydrogens (tertiary/aromatic N) is 1. The van der Waals surface area contributed by atoms with Gasteiger partial charge in [0.25, 0.3) is 10.0 Å². The van der Waals surface area contributed by atoms with Crippen molar-refractivity contribution in [1.82, 2.24) is 0 Å². The van der Waals surface area contributed by atoms with Gasteiger partial charge in [-0.1, -0.05) is 48.0 Å². The quantitative estimate of drug-likeness (QED) is 0.275. The molecule has 0 amide bonds. The molecule has 0 atom stereocenters. The summed E-state index contributed by atoms with van der Waals surface area (Å²) in [6.07, 6.45) is 1.78. The third-order valence-electron chi connectivity index (χ3n) is 4.77. The average molecular weight is 490 g/mol. The van der Waals surface area contributed by atoms with E-state index >= 15 is 0 Å². The molecule has 0 unspecified atom stereocenters. The van der Waals surface area contributed by atoms with Gasteiger partial charge in [0.2, 0.25) is 0 Å². The van der Waals surface area contributed by atoms with Gasteiger partial charge in [-0.2, -0.15) is 0 Å². The molecule has 0 radical (unpaired) electrons. The second-order valence-electron chi connectivity index (χ2n) is 7.11. The molecule has 0 fully saturated rings. The summed E-state index contributed by atoms with van der Waals surface area (Å²) in [5, 5.41) is 0.324. The Kier molecular flexibility index (Phi) is 8.61. The second-order valence-corrected chi connectivity index (χ2v) is 9.91. The van der Waals surface area contributed by atoms with Gasteiger partial charge in [-0.15, -0.1) is 12.6 Å². The summed E-state index contributed by atoms with van der Waals surface area (Å²) in [6, 6.07) is 22.4. The highest BCUT2D eigenvalue weighted by atomic mass is 35.5. The molecule has 0 aliphatic heterocycles. The van der Waals surface area contributed by atoms with Crippen molar-refractivity contribution in [3.63, 3.8) is 0 Å². The van der Waals surface area contributed by atoms with Crippen molar-refractivity contribution in [2.24, 2.45) is 0 Å². The molecule has 0 N–H and O–H groups in total. The van der Waals surface area contributed by atoms with Crippen LogP contribution in [0.2, 0.25) is 5.02 Å². The Morgan fingerprint density at radius 1 is 0.906 bits per heavy atom. The smallest absolute Gasteiger partial charge is 0.264 e. The zero-order valence-corrected chi connectivity index (χ0v) is 19.8. The van der Waals surface area contributed by atoms with E-state index in [4.69, 9.17) is 16.3 Å². The fourth-order valence-electron chi connectivity index (χ4n) is 3.13. The Balaban J connectivity index is 1.87. The topological polar surface area (TPSA) is 63.7 Å². The molecule has 0 saturated heterocycles. The standard InChI is InChI=1S/C24H24ClNO4S2/c25-20-13-15-22(16-14-20)32(28,29)26(21-9-2-1-3-10-21)18-19-8-4-5-11-23(19)30-17-7-6-12-24(27)31/h1-5,8-11,13-16H,6-7,12,17-18H2,(H,27,31). The van der Waals surface area contributed by atoms with Crippen LogP contribution in [0.15, 0.2) is 83.8 Å². The lowest BCUT2D eigenvalue weighted by atomic mass is 10.2. The number of carbonyl (C=O) groups excluding carboxylic acids is 1. The van der Waals surface area contributed by atoms with Gasteiger partial charge in [0.15, 0.2) is 5.12 Å². The molecule has 32 heavy (non-hydrogen) atoms. The van der Waals surface area contributed by atoms with E-state index in [2.05, 4.69) is 12.6 Å². The Hall–Kier alpha value is -2.48. The SMILES string of the molecule is O=C(S)CCCCOc1ccccc1CN(c1ccccc1)S(=O)(=O)c1ccc(Cl)cc1. The first kappa shape index (κ1) is 24.2. The average Bonchev–Trinajstić information content (AvgIpc) is 2.78. The lowest BCUT2D eigenvalue weighted by Crippen LogP contribution is -2.30. The fourth-order valence-corrected chi connectivity index (χ4v) is 4.86. The van der Waals surface area contributed by atoms with Gasteiger partial charge < -0.3 is 4.74 Å². The molecule has 168 valence electrons. The number of ether oxygens (including phenoxy) is 1. The van der Waals surface area contributed by atoms with E-state index in [-0.39, 0.29) is 16.6 Å². The molecule has 0 aromatic heterocycles. The van der Waals surface area contributed by atoms with E-state index < -0.39 is 10.0 Å². The molecule has 3 aromatic rings. The summed E-state index contributed by atoms with van der Waals surface area (Å²) >= 11 is 9.72. The van der Waals surface area contributed by atoms with Crippen molar-refractivity contribution in [3.05, 3.63) is 89.4 Å². The van der Waals surface area contributed by atoms with Gasteiger partial charge >= 0.3 is 0 Å². The van der Waals surface area contributed by atoms with E-state index in [1.165, 1.54) is 16.4 Å². The molecule has 0 bridgehead atoms. The third kappa shape index (κ3) is 6.51. The van der Waals surface area contributed by atoms with Gasteiger partial charge in [0, 0.05) is 17.0 Å². The number of hydrogen-bond donors (Lipinski definition) is 1. The minimum Gasteiger partial charge on any atom is -0.493 e. The summed E-state index contributed by atoms with van der Waals surface area (Å²) in [7, 11) is -3.85. The summed E-state index contributed by atoms with van der Waals surface area (Å²) in [5.41, 5.74) is 1.28. The maximum Gasteiger partial charge on any atom is 0.264 e. The van der Waals surface area contributed by atoms with E-state index in [1.807, 2.05) is 30.3 Å². The number of rotatable bonds is 11. The Morgan fingerprint density at radius 3 is 2.25 bits per heavy atom.